The summed E-state index contributed by atoms with van der Waals surface area (Å²) in [4.78, 5) is 12.2. The number of hydrogen-bond acceptors (Lipinski definition) is 3. The maximum atomic E-state index is 12.7. The number of carbonyl (C=O) groups excluding carboxylic acids is 1. The van der Waals surface area contributed by atoms with Crippen LogP contribution in [0.25, 0.3) is 0 Å². The SMILES string of the molecule is Cn1nc(C(F)(F)F)cc1C(=O)Nc1cnn(Cc2ccccc2)c1. The van der Waals surface area contributed by atoms with Gasteiger partial charge in [0.05, 0.1) is 18.4 Å². The Morgan fingerprint density at radius 1 is 1.24 bits per heavy atom. The molecule has 130 valence electrons. The molecule has 0 aliphatic heterocycles. The van der Waals surface area contributed by atoms with Gasteiger partial charge in [0.1, 0.15) is 5.69 Å². The lowest BCUT2D eigenvalue weighted by Crippen LogP contribution is -2.15. The molecule has 1 aromatic carbocycles. The minimum atomic E-state index is -4.60. The van der Waals surface area contributed by atoms with Gasteiger partial charge in [-0.2, -0.15) is 23.4 Å². The molecule has 0 bridgehead atoms. The zero-order valence-electron chi connectivity index (χ0n) is 13.2. The van der Waals surface area contributed by atoms with Crippen LogP contribution in [-0.2, 0) is 19.8 Å². The molecule has 0 saturated heterocycles. The number of rotatable bonds is 4. The summed E-state index contributed by atoms with van der Waals surface area (Å²) in [7, 11) is 1.28. The van der Waals surface area contributed by atoms with Gasteiger partial charge in [0.25, 0.3) is 5.91 Å². The molecule has 6 nitrogen and oxygen atoms in total. The quantitative estimate of drug-likeness (QED) is 0.788. The molecule has 0 radical (unpaired) electrons. The fourth-order valence-corrected chi connectivity index (χ4v) is 2.30. The van der Waals surface area contributed by atoms with Crippen molar-refractivity contribution in [2.75, 3.05) is 5.32 Å². The Labute approximate surface area is 140 Å². The number of alkyl halides is 3. The molecule has 1 N–H and O–H groups in total. The first-order chi connectivity index (χ1) is 11.8. The van der Waals surface area contributed by atoms with Crippen molar-refractivity contribution in [3.05, 3.63) is 65.7 Å². The average Bonchev–Trinajstić information content (AvgIpc) is 3.14. The van der Waals surface area contributed by atoms with Crippen molar-refractivity contribution in [2.24, 2.45) is 7.05 Å². The third kappa shape index (κ3) is 3.87. The molecule has 3 rings (SSSR count). The van der Waals surface area contributed by atoms with Crippen LogP contribution >= 0.6 is 0 Å². The van der Waals surface area contributed by atoms with Gasteiger partial charge in [-0.25, -0.2) is 0 Å². The lowest BCUT2D eigenvalue weighted by molar-refractivity contribution is -0.141. The standard InChI is InChI=1S/C16H14F3N5O/c1-23-13(7-14(22-23)16(17,18)19)15(25)21-12-8-20-24(10-12)9-11-5-3-2-4-6-11/h2-8,10H,9H2,1H3,(H,21,25). The summed E-state index contributed by atoms with van der Waals surface area (Å²) < 4.78 is 40.5. The van der Waals surface area contributed by atoms with Crippen LogP contribution in [0.3, 0.4) is 0 Å². The maximum absolute atomic E-state index is 12.7. The molecule has 0 unspecified atom stereocenters. The van der Waals surface area contributed by atoms with E-state index in [1.54, 1.807) is 10.9 Å². The highest BCUT2D eigenvalue weighted by molar-refractivity contribution is 6.03. The highest BCUT2D eigenvalue weighted by Gasteiger charge is 2.35. The van der Waals surface area contributed by atoms with Crippen LogP contribution in [0.5, 0.6) is 0 Å². The van der Waals surface area contributed by atoms with Gasteiger partial charge in [-0.1, -0.05) is 30.3 Å². The number of nitrogens with zero attached hydrogens (tertiary/aromatic N) is 4. The van der Waals surface area contributed by atoms with Crippen LogP contribution < -0.4 is 5.32 Å². The molecule has 2 aromatic heterocycles. The summed E-state index contributed by atoms with van der Waals surface area (Å²) in [6, 6.07) is 10.3. The lowest BCUT2D eigenvalue weighted by atomic mass is 10.2. The van der Waals surface area contributed by atoms with E-state index in [1.165, 1.54) is 13.2 Å². The van der Waals surface area contributed by atoms with Crippen LogP contribution in [-0.4, -0.2) is 25.5 Å². The Kier molecular flexibility index (Phi) is 4.30. The first kappa shape index (κ1) is 16.7. The van der Waals surface area contributed by atoms with Gasteiger partial charge in [-0.05, 0) is 5.56 Å². The van der Waals surface area contributed by atoms with Gasteiger partial charge < -0.3 is 5.32 Å². The third-order valence-corrected chi connectivity index (χ3v) is 3.48. The Balaban J connectivity index is 1.71. The minimum Gasteiger partial charge on any atom is -0.318 e. The number of hydrogen-bond donors (Lipinski definition) is 1. The van der Waals surface area contributed by atoms with Gasteiger partial charge in [-0.15, -0.1) is 0 Å². The van der Waals surface area contributed by atoms with Crippen molar-refractivity contribution in [1.29, 1.82) is 0 Å². The molecule has 0 fully saturated rings. The minimum absolute atomic E-state index is 0.192. The highest BCUT2D eigenvalue weighted by atomic mass is 19.4. The van der Waals surface area contributed by atoms with Gasteiger partial charge in [0.15, 0.2) is 5.69 Å². The molecule has 9 heteroatoms. The van der Waals surface area contributed by atoms with Crippen LogP contribution in [0, 0.1) is 0 Å². The van der Waals surface area contributed by atoms with Crippen LogP contribution in [0.2, 0.25) is 0 Å². The van der Waals surface area contributed by atoms with Gasteiger partial charge >= 0.3 is 6.18 Å². The third-order valence-electron chi connectivity index (χ3n) is 3.48. The van der Waals surface area contributed by atoms with E-state index in [1.807, 2.05) is 30.3 Å². The number of halogens is 3. The number of carbonyl (C=O) groups is 1. The fourth-order valence-electron chi connectivity index (χ4n) is 2.30. The summed E-state index contributed by atoms with van der Waals surface area (Å²) in [6.07, 6.45) is -1.56. The van der Waals surface area contributed by atoms with E-state index < -0.39 is 17.8 Å². The Hall–Kier alpha value is -3.10. The lowest BCUT2D eigenvalue weighted by Gasteiger charge is -2.03. The predicted octanol–water partition coefficient (Wildman–Crippen LogP) is 2.94. The van der Waals surface area contributed by atoms with E-state index >= 15 is 0 Å². The molecule has 3 aromatic rings. The number of nitrogens with one attached hydrogen (secondary N) is 1. The summed E-state index contributed by atoms with van der Waals surface area (Å²) in [5, 5.41) is 9.96. The molecule has 0 aliphatic carbocycles. The van der Waals surface area contributed by atoms with E-state index in [0.29, 0.717) is 18.3 Å². The first-order valence-electron chi connectivity index (χ1n) is 7.32. The van der Waals surface area contributed by atoms with E-state index in [9.17, 15) is 18.0 Å². The molecule has 25 heavy (non-hydrogen) atoms. The van der Waals surface area contributed by atoms with Crippen LogP contribution in [0.15, 0.2) is 48.8 Å². The van der Waals surface area contributed by atoms with Crippen LogP contribution in [0.1, 0.15) is 21.7 Å². The second kappa shape index (κ2) is 6.42. The number of benzene rings is 1. The Morgan fingerprint density at radius 3 is 2.60 bits per heavy atom. The van der Waals surface area contributed by atoms with Crippen molar-refractivity contribution in [1.82, 2.24) is 19.6 Å². The van der Waals surface area contributed by atoms with Crippen molar-refractivity contribution in [3.8, 4) is 0 Å². The number of aryl methyl sites for hydroxylation is 1. The summed E-state index contributed by atoms with van der Waals surface area (Å²) in [6.45, 7) is 0.515. The maximum Gasteiger partial charge on any atom is 0.435 e. The zero-order chi connectivity index (χ0) is 18.0. The van der Waals surface area contributed by atoms with Crippen molar-refractivity contribution < 1.29 is 18.0 Å². The van der Waals surface area contributed by atoms with Gasteiger partial charge in [-0.3, -0.25) is 14.2 Å². The average molecular weight is 349 g/mol. The van der Waals surface area contributed by atoms with Gasteiger partial charge in [0, 0.05) is 19.3 Å². The number of aromatic nitrogens is 4. The zero-order valence-corrected chi connectivity index (χ0v) is 13.2. The molecule has 0 spiro atoms. The second-order valence-corrected chi connectivity index (χ2v) is 5.40. The number of anilines is 1. The van der Waals surface area contributed by atoms with E-state index in [0.717, 1.165) is 10.2 Å². The Bertz CT molecular complexity index is 883. The topological polar surface area (TPSA) is 64.7 Å². The van der Waals surface area contributed by atoms with Crippen molar-refractivity contribution >= 4 is 11.6 Å². The van der Waals surface area contributed by atoms with E-state index in [-0.39, 0.29) is 5.69 Å². The molecular formula is C16H14F3N5O. The summed E-state index contributed by atoms with van der Waals surface area (Å²) in [5.41, 5.74) is 0.115. The van der Waals surface area contributed by atoms with Crippen molar-refractivity contribution in [2.45, 2.75) is 12.7 Å². The molecule has 2 heterocycles. The Morgan fingerprint density at radius 2 is 1.96 bits per heavy atom. The molecule has 0 saturated carbocycles. The van der Waals surface area contributed by atoms with Crippen molar-refractivity contribution in [3.63, 3.8) is 0 Å². The second-order valence-electron chi connectivity index (χ2n) is 5.40. The number of amides is 1. The smallest absolute Gasteiger partial charge is 0.318 e. The fraction of sp³-hybridized carbons (Fsp3) is 0.188. The highest BCUT2D eigenvalue weighted by Crippen LogP contribution is 2.28. The van der Waals surface area contributed by atoms with E-state index in [2.05, 4.69) is 15.5 Å². The molecule has 1 amide bonds. The monoisotopic (exact) mass is 349 g/mol. The largest absolute Gasteiger partial charge is 0.435 e. The first-order valence-corrected chi connectivity index (χ1v) is 7.32. The molecule has 0 aliphatic rings. The van der Waals surface area contributed by atoms with Gasteiger partial charge in [0.2, 0.25) is 0 Å². The summed E-state index contributed by atoms with van der Waals surface area (Å²) >= 11 is 0. The predicted molar refractivity (Wildman–Crippen MR) is 83.9 cm³/mol. The normalized spacial score (nSPS) is 11.5. The van der Waals surface area contributed by atoms with E-state index in [4.69, 9.17) is 0 Å². The summed E-state index contributed by atoms with van der Waals surface area (Å²) in [5.74, 6) is -0.690. The van der Waals surface area contributed by atoms with Crippen LogP contribution in [0.4, 0.5) is 18.9 Å². The molecular weight excluding hydrogens is 335 g/mol. The molecule has 0 atom stereocenters.